The number of aryl methyl sites for hydroxylation is 1. The summed E-state index contributed by atoms with van der Waals surface area (Å²) in [5.74, 6) is 1.11. The van der Waals surface area contributed by atoms with Crippen LogP contribution in [0.5, 0.6) is 0 Å². The SMILES string of the molecule is CCC(CCc1ccccc1S)CNC(=O)C1CCCCC1. The summed E-state index contributed by atoms with van der Waals surface area (Å²) in [5, 5.41) is 3.20. The lowest BCUT2D eigenvalue weighted by Crippen LogP contribution is -2.35. The van der Waals surface area contributed by atoms with E-state index >= 15 is 0 Å². The Morgan fingerprint density at radius 2 is 2.00 bits per heavy atom. The molecule has 1 aliphatic carbocycles. The van der Waals surface area contributed by atoms with Gasteiger partial charge in [-0.3, -0.25) is 4.79 Å². The molecule has 2 nitrogen and oxygen atoms in total. The van der Waals surface area contributed by atoms with Crippen LogP contribution in [-0.4, -0.2) is 12.5 Å². The summed E-state index contributed by atoms with van der Waals surface area (Å²) in [6, 6.07) is 8.29. The zero-order valence-electron chi connectivity index (χ0n) is 13.7. The molecule has 1 fully saturated rings. The number of thiol groups is 1. The lowest BCUT2D eigenvalue weighted by molar-refractivity contribution is -0.126. The van der Waals surface area contributed by atoms with Crippen LogP contribution in [0.4, 0.5) is 0 Å². The summed E-state index contributed by atoms with van der Waals surface area (Å²) in [7, 11) is 0. The van der Waals surface area contributed by atoms with Crippen molar-refractivity contribution in [2.75, 3.05) is 6.54 Å². The van der Waals surface area contributed by atoms with Crippen LogP contribution in [0.2, 0.25) is 0 Å². The number of rotatable bonds is 7. The molecule has 0 radical (unpaired) electrons. The summed E-state index contributed by atoms with van der Waals surface area (Å²) in [5.41, 5.74) is 1.31. The van der Waals surface area contributed by atoms with Crippen LogP contribution < -0.4 is 5.32 Å². The van der Waals surface area contributed by atoms with Gasteiger partial charge < -0.3 is 5.32 Å². The summed E-state index contributed by atoms with van der Waals surface area (Å²) in [6.45, 7) is 3.03. The van der Waals surface area contributed by atoms with Crippen LogP contribution in [0, 0.1) is 11.8 Å². The van der Waals surface area contributed by atoms with Crippen molar-refractivity contribution >= 4 is 18.5 Å². The minimum absolute atomic E-state index is 0.268. The molecule has 1 atom stereocenters. The van der Waals surface area contributed by atoms with E-state index in [0.29, 0.717) is 5.92 Å². The maximum absolute atomic E-state index is 12.2. The smallest absolute Gasteiger partial charge is 0.223 e. The molecule has 1 N–H and O–H groups in total. The first kappa shape index (κ1) is 17.4. The van der Waals surface area contributed by atoms with Gasteiger partial charge in [0.25, 0.3) is 0 Å². The van der Waals surface area contributed by atoms with Crippen LogP contribution in [0.25, 0.3) is 0 Å². The first-order chi connectivity index (χ1) is 10.7. The van der Waals surface area contributed by atoms with Crippen molar-refractivity contribution in [2.24, 2.45) is 11.8 Å². The lowest BCUT2D eigenvalue weighted by atomic mass is 9.88. The Morgan fingerprint density at radius 3 is 2.68 bits per heavy atom. The van der Waals surface area contributed by atoms with Crippen molar-refractivity contribution in [1.82, 2.24) is 5.32 Å². The first-order valence-electron chi connectivity index (χ1n) is 8.75. The predicted molar refractivity (Wildman–Crippen MR) is 95.4 cm³/mol. The summed E-state index contributed by atoms with van der Waals surface area (Å²) < 4.78 is 0. The molecule has 1 saturated carbocycles. The van der Waals surface area contributed by atoms with E-state index in [2.05, 4.69) is 37.0 Å². The molecule has 1 unspecified atom stereocenters. The third kappa shape index (κ3) is 5.35. The normalized spacial score (nSPS) is 17.2. The molecule has 1 aromatic rings. The number of hydrogen-bond donors (Lipinski definition) is 2. The average molecular weight is 320 g/mol. The third-order valence-electron chi connectivity index (χ3n) is 4.93. The largest absolute Gasteiger partial charge is 0.356 e. The Balaban J connectivity index is 1.74. The fourth-order valence-corrected chi connectivity index (χ4v) is 3.56. The molecule has 22 heavy (non-hydrogen) atoms. The van der Waals surface area contributed by atoms with Gasteiger partial charge in [0, 0.05) is 17.4 Å². The highest BCUT2D eigenvalue weighted by atomic mass is 32.1. The number of carbonyl (C=O) groups is 1. The second-order valence-electron chi connectivity index (χ2n) is 6.52. The molecular weight excluding hydrogens is 290 g/mol. The second kappa shape index (κ2) is 9.24. The minimum atomic E-state index is 0.268. The van der Waals surface area contributed by atoms with Gasteiger partial charge in [0.05, 0.1) is 0 Å². The van der Waals surface area contributed by atoms with Gasteiger partial charge in [0.2, 0.25) is 5.91 Å². The number of benzene rings is 1. The lowest BCUT2D eigenvalue weighted by Gasteiger charge is -2.22. The first-order valence-corrected chi connectivity index (χ1v) is 9.20. The Hall–Kier alpha value is -0.960. The Kier molecular flexibility index (Phi) is 7.31. The molecule has 1 aliphatic rings. The zero-order chi connectivity index (χ0) is 15.8. The van der Waals surface area contributed by atoms with E-state index in [4.69, 9.17) is 0 Å². The number of amides is 1. The van der Waals surface area contributed by atoms with E-state index in [9.17, 15) is 4.79 Å². The van der Waals surface area contributed by atoms with Gasteiger partial charge in [-0.05, 0) is 43.2 Å². The van der Waals surface area contributed by atoms with Crippen molar-refractivity contribution < 1.29 is 4.79 Å². The zero-order valence-corrected chi connectivity index (χ0v) is 14.6. The minimum Gasteiger partial charge on any atom is -0.356 e. The van der Waals surface area contributed by atoms with E-state index in [-0.39, 0.29) is 11.8 Å². The van der Waals surface area contributed by atoms with Crippen molar-refractivity contribution in [3.8, 4) is 0 Å². The number of hydrogen-bond acceptors (Lipinski definition) is 2. The predicted octanol–water partition coefficient (Wildman–Crippen LogP) is 4.63. The van der Waals surface area contributed by atoms with Gasteiger partial charge >= 0.3 is 0 Å². The van der Waals surface area contributed by atoms with Crippen molar-refractivity contribution in [1.29, 1.82) is 0 Å². The molecule has 0 saturated heterocycles. The maximum Gasteiger partial charge on any atom is 0.223 e. The monoisotopic (exact) mass is 319 g/mol. The molecule has 0 aliphatic heterocycles. The van der Waals surface area contributed by atoms with Crippen molar-refractivity contribution in [2.45, 2.75) is 63.2 Å². The van der Waals surface area contributed by atoms with Crippen LogP contribution in [0.3, 0.4) is 0 Å². The standard InChI is InChI=1S/C19H29NOS/c1-2-15(12-13-16-8-6-7-11-18(16)22)14-20-19(21)17-9-4-3-5-10-17/h6-8,11,15,17,22H,2-5,9-10,12-14H2,1H3,(H,20,21). The van der Waals surface area contributed by atoms with Crippen molar-refractivity contribution in [3.63, 3.8) is 0 Å². The Morgan fingerprint density at radius 1 is 1.27 bits per heavy atom. The molecular formula is C19H29NOS. The van der Waals surface area contributed by atoms with Gasteiger partial charge in [0.1, 0.15) is 0 Å². The molecule has 2 rings (SSSR count). The molecule has 0 spiro atoms. The van der Waals surface area contributed by atoms with Crippen LogP contribution in [-0.2, 0) is 11.2 Å². The number of carbonyl (C=O) groups excluding carboxylic acids is 1. The van der Waals surface area contributed by atoms with Crippen LogP contribution >= 0.6 is 12.6 Å². The molecule has 1 aromatic carbocycles. The quantitative estimate of drug-likeness (QED) is 0.705. The molecule has 0 heterocycles. The topological polar surface area (TPSA) is 29.1 Å². The third-order valence-corrected chi connectivity index (χ3v) is 5.37. The average Bonchev–Trinajstić information content (AvgIpc) is 2.57. The highest BCUT2D eigenvalue weighted by Gasteiger charge is 2.21. The fraction of sp³-hybridized carbons (Fsp3) is 0.632. The van der Waals surface area contributed by atoms with E-state index in [1.54, 1.807) is 0 Å². The molecule has 122 valence electrons. The van der Waals surface area contributed by atoms with Crippen LogP contribution in [0.15, 0.2) is 29.2 Å². The van der Waals surface area contributed by atoms with E-state index in [1.165, 1.54) is 24.8 Å². The van der Waals surface area contributed by atoms with Gasteiger partial charge in [-0.15, -0.1) is 12.6 Å². The summed E-state index contributed by atoms with van der Waals surface area (Å²) in [4.78, 5) is 13.3. The van der Waals surface area contributed by atoms with Gasteiger partial charge in [-0.1, -0.05) is 50.8 Å². The van der Waals surface area contributed by atoms with Gasteiger partial charge in [-0.25, -0.2) is 0 Å². The molecule has 0 aromatic heterocycles. The number of nitrogens with one attached hydrogen (secondary N) is 1. The van der Waals surface area contributed by atoms with E-state index in [1.807, 2.05) is 12.1 Å². The summed E-state index contributed by atoms with van der Waals surface area (Å²) in [6.07, 6.45) is 9.15. The highest BCUT2D eigenvalue weighted by molar-refractivity contribution is 7.80. The Bertz CT molecular complexity index is 468. The van der Waals surface area contributed by atoms with Gasteiger partial charge in [0.15, 0.2) is 0 Å². The molecule has 1 amide bonds. The van der Waals surface area contributed by atoms with Crippen LogP contribution in [0.1, 0.15) is 57.4 Å². The van der Waals surface area contributed by atoms with E-state index < -0.39 is 0 Å². The second-order valence-corrected chi connectivity index (χ2v) is 7.00. The summed E-state index contributed by atoms with van der Waals surface area (Å²) >= 11 is 4.51. The molecule has 3 heteroatoms. The van der Waals surface area contributed by atoms with E-state index in [0.717, 1.165) is 43.5 Å². The fourth-order valence-electron chi connectivity index (χ4n) is 3.29. The maximum atomic E-state index is 12.2. The Labute approximate surface area is 140 Å². The highest BCUT2D eigenvalue weighted by Crippen LogP contribution is 2.24. The molecule has 0 bridgehead atoms. The van der Waals surface area contributed by atoms with Crippen molar-refractivity contribution in [3.05, 3.63) is 29.8 Å². The van der Waals surface area contributed by atoms with Gasteiger partial charge in [-0.2, -0.15) is 0 Å².